The van der Waals surface area contributed by atoms with Gasteiger partial charge in [0.2, 0.25) is 0 Å². The van der Waals surface area contributed by atoms with Crippen LogP contribution in [0.5, 0.6) is 0 Å². The Morgan fingerprint density at radius 3 is 2.48 bits per heavy atom. The number of carbonyl (C=O) groups is 2. The lowest BCUT2D eigenvalue weighted by molar-refractivity contribution is -0.174. The molecule has 1 amide bonds. The molecule has 6 nitrogen and oxygen atoms in total. The number of amides is 1. The second-order valence-corrected chi connectivity index (χ2v) is 6.24. The van der Waals surface area contributed by atoms with Crippen LogP contribution in [0.2, 0.25) is 0 Å². The fraction of sp³-hybridized carbons (Fsp3) is 0.733. The second kappa shape index (κ2) is 7.04. The quantitative estimate of drug-likeness (QED) is 0.454. The SMILES string of the molecule is C=CC(N(C(=O)OC(C)=O)[C@@H]1COCO[C@@H]1C)C(C)(C)C. The molecule has 0 N–H and O–H groups in total. The molecule has 120 valence electrons. The first-order chi connectivity index (χ1) is 9.68. The highest BCUT2D eigenvalue weighted by Crippen LogP contribution is 2.30. The highest BCUT2D eigenvalue weighted by Gasteiger charge is 2.41. The van der Waals surface area contributed by atoms with Crippen LogP contribution in [-0.2, 0) is 19.0 Å². The summed E-state index contributed by atoms with van der Waals surface area (Å²) in [6.45, 7) is 13.4. The number of carbonyl (C=O) groups excluding carboxylic acids is 2. The van der Waals surface area contributed by atoms with E-state index in [4.69, 9.17) is 14.2 Å². The highest BCUT2D eigenvalue weighted by molar-refractivity contribution is 5.83. The van der Waals surface area contributed by atoms with Gasteiger partial charge in [0.25, 0.3) is 0 Å². The van der Waals surface area contributed by atoms with Gasteiger partial charge in [-0.3, -0.25) is 9.69 Å². The minimum atomic E-state index is -0.701. The monoisotopic (exact) mass is 299 g/mol. The number of rotatable bonds is 3. The summed E-state index contributed by atoms with van der Waals surface area (Å²) >= 11 is 0. The molecule has 6 heteroatoms. The van der Waals surface area contributed by atoms with Gasteiger partial charge in [-0.1, -0.05) is 26.8 Å². The highest BCUT2D eigenvalue weighted by atomic mass is 16.7. The summed E-state index contributed by atoms with van der Waals surface area (Å²) < 4.78 is 15.5. The Morgan fingerprint density at radius 2 is 2.05 bits per heavy atom. The van der Waals surface area contributed by atoms with Gasteiger partial charge in [0.1, 0.15) is 6.79 Å². The number of hydrogen-bond acceptors (Lipinski definition) is 5. The van der Waals surface area contributed by atoms with Crippen molar-refractivity contribution in [3.05, 3.63) is 12.7 Å². The van der Waals surface area contributed by atoms with E-state index in [1.807, 2.05) is 27.7 Å². The molecule has 0 aromatic rings. The molecule has 0 spiro atoms. The van der Waals surface area contributed by atoms with Crippen molar-refractivity contribution in [2.45, 2.75) is 52.8 Å². The summed E-state index contributed by atoms with van der Waals surface area (Å²) in [6.07, 6.45) is 0.763. The predicted molar refractivity (Wildman–Crippen MR) is 77.6 cm³/mol. The third-order valence-electron chi connectivity index (χ3n) is 3.45. The lowest BCUT2D eigenvalue weighted by Gasteiger charge is -2.44. The predicted octanol–water partition coefficient (Wildman–Crippen LogP) is 2.33. The first kappa shape index (κ1) is 17.7. The second-order valence-electron chi connectivity index (χ2n) is 6.24. The van der Waals surface area contributed by atoms with Crippen LogP contribution in [0, 0.1) is 5.41 Å². The zero-order chi connectivity index (χ0) is 16.2. The van der Waals surface area contributed by atoms with Crippen LogP contribution < -0.4 is 0 Å². The Labute approximate surface area is 126 Å². The summed E-state index contributed by atoms with van der Waals surface area (Å²) in [5.41, 5.74) is -0.269. The van der Waals surface area contributed by atoms with Crippen LogP contribution >= 0.6 is 0 Å². The Bertz CT molecular complexity index is 401. The standard InChI is InChI=1S/C15H25NO5/c1-7-13(15(4,5)6)16(14(18)21-11(3)17)12-8-19-9-20-10(12)2/h7,10,12-13H,1,8-9H2,2-6H3/t10-,12-,13?/m1/s1. The van der Waals surface area contributed by atoms with Gasteiger partial charge in [-0.25, -0.2) is 4.79 Å². The summed E-state index contributed by atoms with van der Waals surface area (Å²) in [4.78, 5) is 25.0. The lowest BCUT2D eigenvalue weighted by atomic mass is 9.84. The summed E-state index contributed by atoms with van der Waals surface area (Å²) in [7, 11) is 0. The van der Waals surface area contributed by atoms with Gasteiger partial charge in [0, 0.05) is 6.92 Å². The van der Waals surface area contributed by atoms with E-state index < -0.39 is 12.1 Å². The van der Waals surface area contributed by atoms with Crippen LogP contribution in [0.4, 0.5) is 4.79 Å². The molecule has 0 aliphatic carbocycles. The molecule has 1 unspecified atom stereocenters. The molecule has 1 aliphatic rings. The molecule has 0 bridgehead atoms. The van der Waals surface area contributed by atoms with E-state index in [9.17, 15) is 9.59 Å². The number of esters is 1. The van der Waals surface area contributed by atoms with Crippen molar-refractivity contribution in [1.29, 1.82) is 0 Å². The van der Waals surface area contributed by atoms with Gasteiger partial charge in [-0.15, -0.1) is 6.58 Å². The molecule has 1 heterocycles. The molecule has 21 heavy (non-hydrogen) atoms. The van der Waals surface area contributed by atoms with Crippen molar-refractivity contribution in [3.8, 4) is 0 Å². The average molecular weight is 299 g/mol. The van der Waals surface area contributed by atoms with Crippen LogP contribution in [0.15, 0.2) is 12.7 Å². The number of hydrogen-bond donors (Lipinski definition) is 0. The summed E-state index contributed by atoms with van der Waals surface area (Å²) in [5.74, 6) is -0.646. The molecule has 0 radical (unpaired) electrons. The minimum absolute atomic E-state index is 0.196. The van der Waals surface area contributed by atoms with Crippen molar-refractivity contribution < 1.29 is 23.8 Å². The Balaban J connectivity index is 3.11. The Kier molecular flexibility index (Phi) is 5.92. The van der Waals surface area contributed by atoms with Crippen LogP contribution in [0.1, 0.15) is 34.6 Å². The largest absolute Gasteiger partial charge is 0.418 e. The Hall–Kier alpha value is -1.40. The van der Waals surface area contributed by atoms with E-state index in [-0.39, 0.29) is 30.4 Å². The molecular formula is C15H25NO5. The van der Waals surface area contributed by atoms with Gasteiger partial charge in [-0.2, -0.15) is 0 Å². The number of ether oxygens (including phenoxy) is 3. The third-order valence-corrected chi connectivity index (χ3v) is 3.45. The van der Waals surface area contributed by atoms with Crippen molar-refractivity contribution in [2.24, 2.45) is 5.41 Å². The van der Waals surface area contributed by atoms with E-state index in [1.165, 1.54) is 11.8 Å². The van der Waals surface area contributed by atoms with Gasteiger partial charge in [-0.05, 0) is 12.3 Å². The van der Waals surface area contributed by atoms with Crippen LogP contribution in [0.25, 0.3) is 0 Å². The van der Waals surface area contributed by atoms with Gasteiger partial charge >= 0.3 is 12.1 Å². The molecular weight excluding hydrogens is 274 g/mol. The van der Waals surface area contributed by atoms with Crippen molar-refractivity contribution >= 4 is 12.1 Å². The van der Waals surface area contributed by atoms with Crippen molar-refractivity contribution in [3.63, 3.8) is 0 Å². The zero-order valence-corrected chi connectivity index (χ0v) is 13.4. The maximum Gasteiger partial charge on any atom is 0.418 e. The fourth-order valence-corrected chi connectivity index (χ4v) is 2.39. The smallest absolute Gasteiger partial charge is 0.376 e. The molecule has 0 saturated carbocycles. The minimum Gasteiger partial charge on any atom is -0.376 e. The van der Waals surface area contributed by atoms with E-state index in [0.717, 1.165) is 0 Å². The normalized spacial score (nSPS) is 24.0. The molecule has 1 rings (SSSR count). The van der Waals surface area contributed by atoms with Gasteiger partial charge in [0.15, 0.2) is 0 Å². The zero-order valence-electron chi connectivity index (χ0n) is 13.4. The third kappa shape index (κ3) is 4.54. The molecule has 1 fully saturated rings. The first-order valence-corrected chi connectivity index (χ1v) is 7.01. The van der Waals surface area contributed by atoms with Gasteiger partial charge < -0.3 is 14.2 Å². The summed E-state index contributed by atoms with van der Waals surface area (Å²) in [6, 6.07) is -0.657. The number of nitrogens with zero attached hydrogens (tertiary/aromatic N) is 1. The topological polar surface area (TPSA) is 65.1 Å². The van der Waals surface area contributed by atoms with Crippen molar-refractivity contribution in [2.75, 3.05) is 13.4 Å². The van der Waals surface area contributed by atoms with Crippen molar-refractivity contribution in [1.82, 2.24) is 4.90 Å². The lowest BCUT2D eigenvalue weighted by Crippen LogP contribution is -2.58. The van der Waals surface area contributed by atoms with Gasteiger partial charge in [0.05, 0.1) is 24.8 Å². The molecule has 1 aliphatic heterocycles. The van der Waals surface area contributed by atoms with Crippen LogP contribution in [0.3, 0.4) is 0 Å². The van der Waals surface area contributed by atoms with E-state index in [0.29, 0.717) is 6.61 Å². The molecule has 0 aromatic carbocycles. The maximum atomic E-state index is 12.4. The first-order valence-electron chi connectivity index (χ1n) is 7.01. The molecule has 3 atom stereocenters. The molecule has 0 aromatic heterocycles. The van der Waals surface area contributed by atoms with E-state index in [2.05, 4.69) is 6.58 Å². The van der Waals surface area contributed by atoms with E-state index >= 15 is 0 Å². The van der Waals surface area contributed by atoms with Crippen LogP contribution in [-0.4, -0.2) is 48.5 Å². The van der Waals surface area contributed by atoms with E-state index in [1.54, 1.807) is 6.08 Å². The average Bonchev–Trinajstić information content (AvgIpc) is 2.34. The summed E-state index contributed by atoms with van der Waals surface area (Å²) in [5, 5.41) is 0. The molecule has 1 saturated heterocycles. The maximum absolute atomic E-state index is 12.4. The Morgan fingerprint density at radius 1 is 1.43 bits per heavy atom. The fourth-order valence-electron chi connectivity index (χ4n) is 2.39.